The number of amides is 1. The lowest BCUT2D eigenvalue weighted by molar-refractivity contribution is -0.132. The first kappa shape index (κ1) is 16.6. The Balaban J connectivity index is 1.48. The van der Waals surface area contributed by atoms with E-state index in [0.29, 0.717) is 18.4 Å². The SMILES string of the molecule is N#Cc1ccccc1CN1CC[C@H]2CN(C(=O)C3CC3)C[C@@]2(CO)C1. The zero-order chi connectivity index (χ0) is 17.4. The molecule has 2 saturated heterocycles. The van der Waals surface area contributed by atoms with Crippen molar-refractivity contribution in [2.24, 2.45) is 17.3 Å². The molecule has 1 aromatic rings. The third kappa shape index (κ3) is 3.05. The molecule has 1 N–H and O–H groups in total. The molecule has 2 heterocycles. The van der Waals surface area contributed by atoms with Crippen molar-refractivity contribution in [1.82, 2.24) is 9.80 Å². The lowest BCUT2D eigenvalue weighted by Crippen LogP contribution is -2.50. The van der Waals surface area contributed by atoms with Gasteiger partial charge in [0, 0.05) is 37.5 Å². The summed E-state index contributed by atoms with van der Waals surface area (Å²) in [6.07, 6.45) is 3.07. The summed E-state index contributed by atoms with van der Waals surface area (Å²) in [6, 6.07) is 9.99. The maximum atomic E-state index is 12.5. The molecule has 25 heavy (non-hydrogen) atoms. The second-order valence-corrected chi connectivity index (χ2v) is 7.98. The Labute approximate surface area is 148 Å². The van der Waals surface area contributed by atoms with E-state index in [0.717, 1.165) is 56.6 Å². The van der Waals surface area contributed by atoms with E-state index in [1.807, 2.05) is 29.2 Å². The van der Waals surface area contributed by atoms with Gasteiger partial charge in [-0.05, 0) is 43.4 Å². The molecule has 0 radical (unpaired) electrons. The summed E-state index contributed by atoms with van der Waals surface area (Å²) >= 11 is 0. The summed E-state index contributed by atoms with van der Waals surface area (Å²) in [6.45, 7) is 4.09. The van der Waals surface area contributed by atoms with Crippen LogP contribution in [-0.2, 0) is 11.3 Å². The van der Waals surface area contributed by atoms with Crippen molar-refractivity contribution in [2.75, 3.05) is 32.8 Å². The van der Waals surface area contributed by atoms with E-state index in [1.165, 1.54) is 0 Å². The topological polar surface area (TPSA) is 67.6 Å². The van der Waals surface area contributed by atoms with E-state index < -0.39 is 0 Å². The van der Waals surface area contributed by atoms with Gasteiger partial charge in [-0.15, -0.1) is 0 Å². The predicted octanol–water partition coefficient (Wildman–Crippen LogP) is 1.61. The number of carbonyl (C=O) groups is 1. The molecule has 3 aliphatic rings. The molecular weight excluding hydrogens is 314 g/mol. The van der Waals surface area contributed by atoms with Gasteiger partial charge in [-0.25, -0.2) is 0 Å². The van der Waals surface area contributed by atoms with Crippen molar-refractivity contribution < 1.29 is 9.90 Å². The van der Waals surface area contributed by atoms with Crippen LogP contribution >= 0.6 is 0 Å². The fourth-order valence-corrected chi connectivity index (χ4v) is 4.60. The second-order valence-electron chi connectivity index (χ2n) is 7.98. The van der Waals surface area contributed by atoms with E-state index >= 15 is 0 Å². The number of hydrogen-bond donors (Lipinski definition) is 1. The molecule has 1 amide bonds. The monoisotopic (exact) mass is 339 g/mol. The summed E-state index contributed by atoms with van der Waals surface area (Å²) in [7, 11) is 0. The summed E-state index contributed by atoms with van der Waals surface area (Å²) < 4.78 is 0. The average Bonchev–Trinajstić information content (AvgIpc) is 3.42. The number of likely N-dealkylation sites (tertiary alicyclic amines) is 2. The van der Waals surface area contributed by atoms with Gasteiger partial charge in [-0.1, -0.05) is 18.2 Å². The smallest absolute Gasteiger partial charge is 0.225 e. The van der Waals surface area contributed by atoms with Gasteiger partial charge in [0.1, 0.15) is 0 Å². The van der Waals surface area contributed by atoms with Crippen LogP contribution in [0, 0.1) is 28.6 Å². The normalized spacial score (nSPS) is 29.3. The minimum atomic E-state index is -0.204. The molecule has 2 atom stereocenters. The van der Waals surface area contributed by atoms with Gasteiger partial charge in [0.05, 0.1) is 18.2 Å². The number of rotatable bonds is 4. The van der Waals surface area contributed by atoms with Crippen LogP contribution in [0.3, 0.4) is 0 Å². The van der Waals surface area contributed by atoms with E-state index in [4.69, 9.17) is 0 Å². The Hall–Kier alpha value is -1.90. The molecule has 3 fully saturated rings. The minimum Gasteiger partial charge on any atom is -0.396 e. The predicted molar refractivity (Wildman–Crippen MR) is 93.4 cm³/mol. The van der Waals surface area contributed by atoms with Crippen LogP contribution in [-0.4, -0.2) is 53.6 Å². The molecule has 0 aromatic heterocycles. The summed E-state index contributed by atoms with van der Waals surface area (Å²) in [5.74, 6) is 0.931. The Morgan fingerprint density at radius 3 is 2.80 bits per heavy atom. The van der Waals surface area contributed by atoms with Crippen LogP contribution in [0.15, 0.2) is 24.3 Å². The fraction of sp³-hybridized carbons (Fsp3) is 0.600. The highest BCUT2D eigenvalue weighted by Gasteiger charge is 2.51. The van der Waals surface area contributed by atoms with Gasteiger partial charge in [0.2, 0.25) is 5.91 Å². The van der Waals surface area contributed by atoms with Gasteiger partial charge in [-0.2, -0.15) is 5.26 Å². The summed E-state index contributed by atoms with van der Waals surface area (Å²) in [4.78, 5) is 16.8. The standard InChI is InChI=1S/C20H25N3O2/c21-9-16-3-1-2-4-17(16)10-22-8-7-18-11-23(19(25)15-5-6-15)13-20(18,12-22)14-24/h1-4,15,18,24H,5-8,10-14H2/t18-,20+/m0/s1. The number of benzene rings is 1. The fourth-order valence-electron chi connectivity index (χ4n) is 4.60. The lowest BCUT2D eigenvalue weighted by atomic mass is 9.74. The van der Waals surface area contributed by atoms with Crippen molar-refractivity contribution in [2.45, 2.75) is 25.8 Å². The number of aliphatic hydroxyl groups is 1. The molecule has 0 bridgehead atoms. The zero-order valence-corrected chi connectivity index (χ0v) is 14.5. The first-order valence-electron chi connectivity index (χ1n) is 9.25. The van der Waals surface area contributed by atoms with Gasteiger partial charge in [0.25, 0.3) is 0 Å². The van der Waals surface area contributed by atoms with Gasteiger partial charge < -0.3 is 10.0 Å². The van der Waals surface area contributed by atoms with Crippen LogP contribution in [0.25, 0.3) is 0 Å². The maximum absolute atomic E-state index is 12.5. The van der Waals surface area contributed by atoms with Crippen molar-refractivity contribution in [1.29, 1.82) is 5.26 Å². The number of aliphatic hydroxyl groups excluding tert-OH is 1. The summed E-state index contributed by atoms with van der Waals surface area (Å²) in [5.41, 5.74) is 1.56. The van der Waals surface area contributed by atoms with E-state index in [1.54, 1.807) is 0 Å². The molecule has 1 saturated carbocycles. The molecular formula is C20H25N3O2. The third-order valence-corrected chi connectivity index (χ3v) is 6.23. The quantitative estimate of drug-likeness (QED) is 0.905. The van der Waals surface area contributed by atoms with Crippen LogP contribution in [0.2, 0.25) is 0 Å². The highest BCUT2D eigenvalue weighted by molar-refractivity contribution is 5.81. The number of carbonyl (C=O) groups excluding carboxylic acids is 1. The third-order valence-electron chi connectivity index (χ3n) is 6.23. The molecule has 132 valence electrons. The van der Waals surface area contributed by atoms with Crippen molar-refractivity contribution in [3.63, 3.8) is 0 Å². The molecule has 4 rings (SSSR count). The number of piperidine rings is 1. The van der Waals surface area contributed by atoms with Crippen molar-refractivity contribution in [3.8, 4) is 6.07 Å². The van der Waals surface area contributed by atoms with Crippen LogP contribution in [0.5, 0.6) is 0 Å². The van der Waals surface area contributed by atoms with Crippen LogP contribution in [0.1, 0.15) is 30.4 Å². The molecule has 5 heteroatoms. The summed E-state index contributed by atoms with van der Waals surface area (Å²) in [5, 5.41) is 19.5. The van der Waals surface area contributed by atoms with Gasteiger partial charge >= 0.3 is 0 Å². The Morgan fingerprint density at radius 2 is 2.08 bits per heavy atom. The first-order chi connectivity index (χ1) is 12.1. The first-order valence-corrected chi connectivity index (χ1v) is 9.25. The largest absolute Gasteiger partial charge is 0.396 e. The van der Waals surface area contributed by atoms with Crippen LogP contribution in [0.4, 0.5) is 0 Å². The molecule has 0 unspecified atom stereocenters. The number of nitriles is 1. The van der Waals surface area contributed by atoms with E-state index in [9.17, 15) is 15.2 Å². The Bertz CT molecular complexity index is 709. The molecule has 5 nitrogen and oxygen atoms in total. The van der Waals surface area contributed by atoms with E-state index in [2.05, 4.69) is 11.0 Å². The van der Waals surface area contributed by atoms with Crippen LogP contribution < -0.4 is 0 Å². The molecule has 0 spiro atoms. The second kappa shape index (κ2) is 6.44. The zero-order valence-electron chi connectivity index (χ0n) is 14.5. The molecule has 2 aliphatic heterocycles. The lowest BCUT2D eigenvalue weighted by Gasteiger charge is -2.43. The number of fused-ring (bicyclic) bond motifs is 1. The van der Waals surface area contributed by atoms with E-state index in [-0.39, 0.29) is 17.9 Å². The van der Waals surface area contributed by atoms with Gasteiger partial charge in [-0.3, -0.25) is 9.69 Å². The minimum absolute atomic E-state index is 0.127. The Morgan fingerprint density at radius 1 is 1.28 bits per heavy atom. The average molecular weight is 339 g/mol. The highest BCUT2D eigenvalue weighted by Crippen LogP contribution is 2.44. The highest BCUT2D eigenvalue weighted by atomic mass is 16.3. The Kier molecular flexibility index (Phi) is 4.26. The number of hydrogen-bond acceptors (Lipinski definition) is 4. The maximum Gasteiger partial charge on any atom is 0.225 e. The van der Waals surface area contributed by atoms with Gasteiger partial charge in [0.15, 0.2) is 0 Å². The van der Waals surface area contributed by atoms with Crippen molar-refractivity contribution in [3.05, 3.63) is 35.4 Å². The molecule has 1 aliphatic carbocycles. The molecule has 1 aromatic carbocycles. The van der Waals surface area contributed by atoms with Crippen molar-refractivity contribution >= 4 is 5.91 Å². The number of nitrogens with zero attached hydrogens (tertiary/aromatic N) is 3.